The van der Waals surface area contributed by atoms with Gasteiger partial charge in [-0.3, -0.25) is 9.78 Å². The summed E-state index contributed by atoms with van der Waals surface area (Å²) in [6.07, 6.45) is -3.57. The van der Waals surface area contributed by atoms with Crippen LogP contribution in [0.25, 0.3) is 0 Å². The number of hydrogen-bond acceptors (Lipinski definition) is 3. The Bertz CT molecular complexity index is 454. The van der Waals surface area contributed by atoms with Gasteiger partial charge in [-0.25, -0.2) is 0 Å². The van der Waals surface area contributed by atoms with E-state index in [2.05, 4.69) is 21.6 Å². The summed E-state index contributed by atoms with van der Waals surface area (Å²) in [4.78, 5) is 13.9. The summed E-state index contributed by atoms with van der Waals surface area (Å²) in [7, 11) is 1.23. The third kappa shape index (κ3) is 4.15. The molecule has 0 bridgehead atoms. The van der Waals surface area contributed by atoms with Crippen molar-refractivity contribution in [2.24, 2.45) is 0 Å². The van der Waals surface area contributed by atoms with Crippen molar-refractivity contribution in [2.45, 2.75) is 12.6 Å². The van der Waals surface area contributed by atoms with Gasteiger partial charge >= 0.3 is 12.1 Å². The number of halogens is 3. The Morgan fingerprint density at radius 1 is 1.47 bits per heavy atom. The molecule has 0 aliphatic rings. The van der Waals surface area contributed by atoms with Gasteiger partial charge in [-0.05, 0) is 12.1 Å². The van der Waals surface area contributed by atoms with Crippen LogP contribution in [0, 0.1) is 11.8 Å². The van der Waals surface area contributed by atoms with Crippen LogP contribution in [0.2, 0.25) is 0 Å². The Morgan fingerprint density at radius 2 is 2.18 bits per heavy atom. The van der Waals surface area contributed by atoms with Crippen molar-refractivity contribution in [1.82, 2.24) is 4.98 Å². The van der Waals surface area contributed by atoms with Gasteiger partial charge in [0.15, 0.2) is 0 Å². The van der Waals surface area contributed by atoms with E-state index in [9.17, 15) is 18.0 Å². The summed E-state index contributed by atoms with van der Waals surface area (Å²) in [5.74, 6) is 4.47. The number of aromatic nitrogens is 1. The number of ether oxygens (including phenoxy) is 1. The van der Waals surface area contributed by atoms with Crippen molar-refractivity contribution in [3.05, 3.63) is 29.6 Å². The number of carbonyl (C=O) groups excluding carboxylic acids is 1. The van der Waals surface area contributed by atoms with Crippen molar-refractivity contribution < 1.29 is 22.7 Å². The molecule has 0 radical (unpaired) electrons. The first kappa shape index (κ1) is 13.0. The average Bonchev–Trinajstić information content (AvgIpc) is 2.28. The molecular formula is C11H8F3NO2. The number of alkyl halides is 3. The number of methoxy groups -OCH3 is 1. The second-order valence-corrected chi connectivity index (χ2v) is 2.98. The van der Waals surface area contributed by atoms with Crippen LogP contribution >= 0.6 is 0 Å². The predicted octanol–water partition coefficient (Wildman–Crippen LogP) is 2.01. The maximum atomic E-state index is 12.2. The molecule has 90 valence electrons. The highest BCUT2D eigenvalue weighted by Crippen LogP contribution is 2.26. The van der Waals surface area contributed by atoms with E-state index in [4.69, 9.17) is 0 Å². The number of carbonyl (C=O) groups is 1. The maximum absolute atomic E-state index is 12.2. The average molecular weight is 243 g/mol. The molecular weight excluding hydrogens is 235 g/mol. The molecule has 17 heavy (non-hydrogen) atoms. The van der Waals surface area contributed by atoms with E-state index in [0.29, 0.717) is 5.56 Å². The predicted molar refractivity (Wildman–Crippen MR) is 52.8 cm³/mol. The van der Waals surface area contributed by atoms with Crippen molar-refractivity contribution in [2.75, 3.05) is 7.11 Å². The molecule has 1 aromatic heterocycles. The molecule has 0 saturated heterocycles. The molecule has 1 heterocycles. The lowest BCUT2D eigenvalue weighted by molar-refractivity contribution is -0.141. The SMILES string of the molecule is COC(=O)CC#Cc1ccc(C(F)(F)F)nc1. The minimum atomic E-state index is -4.46. The third-order valence-electron chi connectivity index (χ3n) is 1.75. The Balaban J connectivity index is 2.72. The fourth-order valence-corrected chi connectivity index (χ4v) is 0.926. The molecule has 0 spiro atoms. The molecule has 0 aromatic carbocycles. The number of esters is 1. The summed E-state index contributed by atoms with van der Waals surface area (Å²) in [6.45, 7) is 0. The number of nitrogens with zero attached hydrogens (tertiary/aromatic N) is 1. The molecule has 0 aliphatic heterocycles. The number of pyridine rings is 1. The first-order valence-electron chi connectivity index (χ1n) is 4.52. The zero-order valence-electron chi connectivity index (χ0n) is 8.84. The fraction of sp³-hybridized carbons (Fsp3) is 0.273. The second kappa shape index (κ2) is 5.34. The lowest BCUT2D eigenvalue weighted by Crippen LogP contribution is -2.07. The van der Waals surface area contributed by atoms with Crippen LogP contribution in [0.4, 0.5) is 13.2 Å². The van der Waals surface area contributed by atoms with Crippen LogP contribution in [-0.4, -0.2) is 18.1 Å². The normalized spacial score (nSPS) is 10.4. The summed E-state index contributed by atoms with van der Waals surface area (Å²) < 4.78 is 40.8. The highest BCUT2D eigenvalue weighted by molar-refractivity contribution is 5.72. The first-order chi connectivity index (χ1) is 7.93. The van der Waals surface area contributed by atoms with E-state index in [1.807, 2.05) is 0 Å². The van der Waals surface area contributed by atoms with E-state index in [1.54, 1.807) is 0 Å². The molecule has 0 aliphatic carbocycles. The summed E-state index contributed by atoms with van der Waals surface area (Å²) in [5, 5.41) is 0. The third-order valence-corrected chi connectivity index (χ3v) is 1.75. The van der Waals surface area contributed by atoms with Crippen LogP contribution in [-0.2, 0) is 15.7 Å². The summed E-state index contributed by atoms with van der Waals surface area (Å²) in [5.41, 5.74) is -0.669. The van der Waals surface area contributed by atoms with Gasteiger partial charge in [-0.1, -0.05) is 11.8 Å². The zero-order chi connectivity index (χ0) is 12.9. The summed E-state index contributed by atoms with van der Waals surface area (Å²) >= 11 is 0. The standard InChI is InChI=1S/C11H8F3NO2/c1-17-10(16)4-2-3-8-5-6-9(15-7-8)11(12,13)14/h5-7H,4H2,1H3. The van der Waals surface area contributed by atoms with E-state index < -0.39 is 17.8 Å². The maximum Gasteiger partial charge on any atom is 0.433 e. The van der Waals surface area contributed by atoms with Crippen LogP contribution in [0.15, 0.2) is 18.3 Å². The molecule has 0 atom stereocenters. The van der Waals surface area contributed by atoms with E-state index >= 15 is 0 Å². The fourth-order valence-electron chi connectivity index (χ4n) is 0.926. The van der Waals surface area contributed by atoms with Gasteiger partial charge in [-0.2, -0.15) is 13.2 Å². The van der Waals surface area contributed by atoms with Gasteiger partial charge in [0.25, 0.3) is 0 Å². The van der Waals surface area contributed by atoms with Crippen LogP contribution < -0.4 is 0 Å². The van der Waals surface area contributed by atoms with E-state index in [1.165, 1.54) is 13.2 Å². The van der Waals surface area contributed by atoms with Crippen LogP contribution in [0.1, 0.15) is 17.7 Å². The lowest BCUT2D eigenvalue weighted by Gasteiger charge is -2.03. The molecule has 1 rings (SSSR count). The highest BCUT2D eigenvalue weighted by atomic mass is 19.4. The van der Waals surface area contributed by atoms with E-state index in [-0.39, 0.29) is 6.42 Å². The smallest absolute Gasteiger partial charge is 0.433 e. The Labute approximate surface area is 95.6 Å². The largest absolute Gasteiger partial charge is 0.468 e. The van der Waals surface area contributed by atoms with Gasteiger partial charge in [-0.15, -0.1) is 0 Å². The minimum absolute atomic E-state index is 0.114. The van der Waals surface area contributed by atoms with Crippen molar-refractivity contribution >= 4 is 5.97 Å². The van der Waals surface area contributed by atoms with Crippen LogP contribution in [0.3, 0.4) is 0 Å². The van der Waals surface area contributed by atoms with Gasteiger partial charge in [0, 0.05) is 11.8 Å². The number of rotatable bonds is 1. The molecule has 0 N–H and O–H groups in total. The molecule has 0 saturated carbocycles. The second-order valence-electron chi connectivity index (χ2n) is 2.98. The van der Waals surface area contributed by atoms with Crippen molar-refractivity contribution in [3.63, 3.8) is 0 Å². The Morgan fingerprint density at radius 3 is 2.65 bits per heavy atom. The van der Waals surface area contributed by atoms with Gasteiger partial charge in [0.1, 0.15) is 12.1 Å². The molecule has 0 fully saturated rings. The molecule has 0 unspecified atom stereocenters. The minimum Gasteiger partial charge on any atom is -0.468 e. The first-order valence-corrected chi connectivity index (χ1v) is 4.52. The Hall–Kier alpha value is -2.03. The summed E-state index contributed by atoms with van der Waals surface area (Å²) in [6, 6.07) is 2.03. The van der Waals surface area contributed by atoms with Crippen molar-refractivity contribution in [3.8, 4) is 11.8 Å². The van der Waals surface area contributed by atoms with Crippen LogP contribution in [0.5, 0.6) is 0 Å². The number of hydrogen-bond donors (Lipinski definition) is 0. The molecule has 3 nitrogen and oxygen atoms in total. The zero-order valence-corrected chi connectivity index (χ0v) is 8.84. The molecule has 1 aromatic rings. The quantitative estimate of drug-likeness (QED) is 0.559. The monoisotopic (exact) mass is 243 g/mol. The van der Waals surface area contributed by atoms with Gasteiger partial charge in [0.2, 0.25) is 0 Å². The van der Waals surface area contributed by atoms with E-state index in [0.717, 1.165) is 12.3 Å². The highest BCUT2D eigenvalue weighted by Gasteiger charge is 2.31. The lowest BCUT2D eigenvalue weighted by atomic mass is 10.2. The van der Waals surface area contributed by atoms with Gasteiger partial charge < -0.3 is 4.74 Å². The molecule has 6 heteroatoms. The van der Waals surface area contributed by atoms with Gasteiger partial charge in [0.05, 0.1) is 7.11 Å². The Kier molecular flexibility index (Phi) is 4.10. The van der Waals surface area contributed by atoms with Crippen molar-refractivity contribution in [1.29, 1.82) is 0 Å². The topological polar surface area (TPSA) is 39.2 Å². The molecule has 0 amide bonds.